The molecule has 1 aliphatic heterocycles. The van der Waals surface area contributed by atoms with Gasteiger partial charge in [0.2, 0.25) is 0 Å². The number of benzene rings is 3. The molecule has 0 aliphatic carbocycles. The van der Waals surface area contributed by atoms with Gasteiger partial charge in [0.05, 0.1) is 37.6 Å². The highest BCUT2D eigenvalue weighted by Gasteiger charge is 2.44. The third-order valence-electron chi connectivity index (χ3n) is 6.26. The van der Waals surface area contributed by atoms with Crippen LogP contribution in [-0.2, 0) is 0 Å². The molecule has 0 unspecified atom stereocenters. The third-order valence-corrected chi connectivity index (χ3v) is 7.78. The number of rotatable bonds is 6. The molecule has 7 heteroatoms. The lowest BCUT2D eigenvalue weighted by Gasteiger charge is -2.37. The van der Waals surface area contributed by atoms with E-state index in [1.165, 1.54) is 0 Å². The molecule has 37 heavy (non-hydrogen) atoms. The average molecular weight is 580 g/mol. The highest BCUT2D eigenvalue weighted by molar-refractivity contribution is 9.10. The second-order valence-electron chi connectivity index (χ2n) is 9.96. The van der Waals surface area contributed by atoms with Crippen LogP contribution >= 0.6 is 15.9 Å². The fourth-order valence-electron chi connectivity index (χ4n) is 4.42. The summed E-state index contributed by atoms with van der Waals surface area (Å²) in [6.07, 6.45) is -0.566. The number of hydrogen-bond acceptors (Lipinski definition) is 5. The molecule has 3 atom stereocenters. The first-order valence-electron chi connectivity index (χ1n) is 12.0. The van der Waals surface area contributed by atoms with Gasteiger partial charge >= 0.3 is 0 Å². The third kappa shape index (κ3) is 5.87. The number of fused-ring (bicyclic) bond motifs is 1. The summed E-state index contributed by atoms with van der Waals surface area (Å²) in [5.74, 6) is 5.18. The molecule has 0 fully saturated rings. The van der Waals surface area contributed by atoms with Crippen molar-refractivity contribution >= 4 is 29.8 Å². The lowest BCUT2D eigenvalue weighted by Crippen LogP contribution is -2.35. The minimum absolute atomic E-state index is 0.0489. The van der Waals surface area contributed by atoms with Crippen LogP contribution in [0.4, 0.5) is 0 Å². The molecule has 0 bridgehead atoms. The Bertz CT molecular complexity index is 1350. The van der Waals surface area contributed by atoms with E-state index in [0.717, 1.165) is 21.3 Å². The van der Waals surface area contributed by atoms with Crippen LogP contribution in [0.15, 0.2) is 65.1 Å². The van der Waals surface area contributed by atoms with E-state index >= 15 is 0 Å². The Morgan fingerprint density at radius 1 is 0.919 bits per heavy atom. The van der Waals surface area contributed by atoms with Gasteiger partial charge in [-0.25, -0.2) is 0 Å². The predicted molar refractivity (Wildman–Crippen MR) is 152 cm³/mol. The topological polar surface area (TPSA) is 54.0 Å². The summed E-state index contributed by atoms with van der Waals surface area (Å²) in [5, 5.41) is 0. The van der Waals surface area contributed by atoms with Gasteiger partial charge < -0.3 is 18.9 Å². The van der Waals surface area contributed by atoms with Gasteiger partial charge in [-0.1, -0.05) is 43.9 Å². The fraction of sp³-hybridized carbons (Fsp3) is 0.300. The second-order valence-corrected chi connectivity index (χ2v) is 15.6. The van der Waals surface area contributed by atoms with Gasteiger partial charge in [0, 0.05) is 17.2 Å². The molecule has 0 amide bonds. The molecule has 0 saturated carbocycles. The lowest BCUT2D eigenvalue weighted by molar-refractivity contribution is 0.0652. The van der Waals surface area contributed by atoms with Crippen LogP contribution in [0.5, 0.6) is 23.0 Å². The number of ketones is 1. The smallest absolute Gasteiger partial charge is 0.171 e. The molecule has 0 radical (unpaired) electrons. The van der Waals surface area contributed by atoms with E-state index in [4.69, 9.17) is 18.9 Å². The summed E-state index contributed by atoms with van der Waals surface area (Å²) in [4.78, 5) is 14.3. The van der Waals surface area contributed by atoms with Crippen molar-refractivity contribution in [3.8, 4) is 34.5 Å². The van der Waals surface area contributed by atoms with E-state index < -0.39 is 20.1 Å². The number of Topliss-reactive ketones (excluding diaryl/α,β-unsaturated/α-hetero) is 1. The summed E-state index contributed by atoms with van der Waals surface area (Å²) in [5.41, 5.74) is 5.81. The van der Waals surface area contributed by atoms with Crippen LogP contribution < -0.4 is 18.9 Å². The Morgan fingerprint density at radius 3 is 2.24 bits per heavy atom. The van der Waals surface area contributed by atoms with Gasteiger partial charge in [-0.05, 0) is 51.8 Å². The summed E-state index contributed by atoms with van der Waals surface area (Å²) in [6.45, 7) is 6.60. The van der Waals surface area contributed by atoms with E-state index in [1.807, 2.05) is 54.6 Å². The van der Waals surface area contributed by atoms with E-state index in [1.54, 1.807) is 27.4 Å². The monoisotopic (exact) mass is 578 g/mol. The second kappa shape index (κ2) is 11.0. The molecular formula is C30H31BrO5Si. The zero-order chi connectivity index (χ0) is 26.7. The molecule has 192 valence electrons. The molecule has 3 aromatic rings. The van der Waals surface area contributed by atoms with Crippen molar-refractivity contribution < 1.29 is 23.7 Å². The Labute approximate surface area is 228 Å². The number of hydrogen-bond donors (Lipinski definition) is 0. The Morgan fingerprint density at radius 2 is 1.62 bits per heavy atom. The predicted octanol–water partition coefficient (Wildman–Crippen LogP) is 7.07. The molecule has 0 saturated heterocycles. The SMILES string of the molecule is COc1ccc([C@H]2Oc3cc(OC)c(Br)cc3[C@H](C#C[Si](C)(C)C)[C@@H]2C(=O)c2cccc(OC)c2)cc1. The van der Waals surface area contributed by atoms with Gasteiger partial charge in [0.25, 0.3) is 0 Å². The first-order chi connectivity index (χ1) is 17.6. The van der Waals surface area contributed by atoms with Gasteiger partial charge in [-0.15, -0.1) is 11.5 Å². The minimum atomic E-state index is -1.75. The van der Waals surface area contributed by atoms with Gasteiger partial charge in [-0.3, -0.25) is 4.79 Å². The largest absolute Gasteiger partial charge is 0.497 e. The Balaban J connectivity index is 1.95. The van der Waals surface area contributed by atoms with Gasteiger partial charge in [0.15, 0.2) is 5.78 Å². The molecule has 0 N–H and O–H groups in total. The van der Waals surface area contributed by atoms with Crippen molar-refractivity contribution in [2.75, 3.05) is 21.3 Å². The van der Waals surface area contributed by atoms with Crippen LogP contribution in [0.2, 0.25) is 19.6 Å². The van der Waals surface area contributed by atoms with Crippen molar-refractivity contribution in [1.29, 1.82) is 0 Å². The zero-order valence-electron chi connectivity index (χ0n) is 21.9. The van der Waals surface area contributed by atoms with E-state index in [9.17, 15) is 4.79 Å². The highest BCUT2D eigenvalue weighted by Crippen LogP contribution is 2.50. The van der Waals surface area contributed by atoms with E-state index in [0.29, 0.717) is 22.8 Å². The molecule has 1 aliphatic rings. The quantitative estimate of drug-likeness (QED) is 0.178. The fourth-order valence-corrected chi connectivity index (χ4v) is 5.53. The van der Waals surface area contributed by atoms with Crippen LogP contribution in [-0.4, -0.2) is 35.2 Å². The normalized spacial score (nSPS) is 18.5. The summed E-state index contributed by atoms with van der Waals surface area (Å²) >= 11 is 3.61. The highest BCUT2D eigenvalue weighted by atomic mass is 79.9. The first-order valence-corrected chi connectivity index (χ1v) is 16.3. The van der Waals surface area contributed by atoms with E-state index in [2.05, 4.69) is 47.0 Å². The maximum atomic E-state index is 14.3. The number of carbonyl (C=O) groups is 1. The first kappa shape index (κ1) is 26.8. The molecule has 1 heterocycles. The Hall–Kier alpha value is -3.21. The number of ether oxygens (including phenoxy) is 4. The van der Waals surface area contributed by atoms with Crippen molar-refractivity contribution in [1.82, 2.24) is 0 Å². The molecular weight excluding hydrogens is 548 g/mol. The zero-order valence-corrected chi connectivity index (χ0v) is 24.5. The summed E-state index contributed by atoms with van der Waals surface area (Å²) in [6, 6.07) is 18.7. The summed E-state index contributed by atoms with van der Waals surface area (Å²) in [7, 11) is 3.09. The molecule has 5 nitrogen and oxygen atoms in total. The molecule has 0 aromatic heterocycles. The minimum Gasteiger partial charge on any atom is -0.497 e. The maximum Gasteiger partial charge on any atom is 0.171 e. The number of methoxy groups -OCH3 is 3. The van der Waals surface area contributed by atoms with E-state index in [-0.39, 0.29) is 11.7 Å². The van der Waals surface area contributed by atoms with Crippen LogP contribution in [0, 0.1) is 17.4 Å². The van der Waals surface area contributed by atoms with Crippen LogP contribution in [0.1, 0.15) is 33.5 Å². The van der Waals surface area contributed by atoms with Crippen molar-refractivity contribution in [3.05, 3.63) is 81.8 Å². The number of halogens is 1. The van der Waals surface area contributed by atoms with Gasteiger partial charge in [0.1, 0.15) is 37.2 Å². The average Bonchev–Trinajstić information content (AvgIpc) is 2.90. The van der Waals surface area contributed by atoms with Crippen LogP contribution in [0.3, 0.4) is 0 Å². The van der Waals surface area contributed by atoms with Crippen molar-refractivity contribution in [3.63, 3.8) is 0 Å². The van der Waals surface area contributed by atoms with Crippen molar-refractivity contribution in [2.24, 2.45) is 5.92 Å². The molecule has 0 spiro atoms. The standard InChI is InChI=1S/C30H31BrO5Si/c1-33-21-12-10-19(11-13-21)30-28(29(32)20-8-7-9-22(16-20)34-2)23(14-15-37(4,5)6)24-17-25(31)27(35-3)18-26(24)36-30/h7-13,16-18,23,28,30H,1-6H3/t23-,28+,30+/m0/s1. The number of carbonyl (C=O) groups excluding carboxylic acids is 1. The molecule has 3 aromatic carbocycles. The summed E-state index contributed by atoms with van der Waals surface area (Å²) < 4.78 is 23.7. The lowest BCUT2D eigenvalue weighted by atomic mass is 9.74. The van der Waals surface area contributed by atoms with Crippen molar-refractivity contribution in [2.45, 2.75) is 31.7 Å². The Kier molecular flexibility index (Phi) is 8.01. The van der Waals surface area contributed by atoms with Gasteiger partial charge in [-0.2, -0.15) is 0 Å². The van der Waals surface area contributed by atoms with Crippen LogP contribution in [0.25, 0.3) is 0 Å². The molecule has 4 rings (SSSR count). The maximum absolute atomic E-state index is 14.3.